The number of rotatable bonds is 6. The van der Waals surface area contributed by atoms with E-state index in [0.717, 1.165) is 62.5 Å². The van der Waals surface area contributed by atoms with Crippen LogP contribution in [0.3, 0.4) is 0 Å². The van der Waals surface area contributed by atoms with Crippen LogP contribution in [0.15, 0.2) is 17.4 Å². The molecular formula is C21H39IN6O. The zero-order valence-corrected chi connectivity index (χ0v) is 20.8. The minimum atomic E-state index is 0. The van der Waals surface area contributed by atoms with Gasteiger partial charge < -0.3 is 19.9 Å². The van der Waals surface area contributed by atoms with Gasteiger partial charge in [0.25, 0.3) is 0 Å². The Morgan fingerprint density at radius 1 is 1.28 bits per heavy atom. The van der Waals surface area contributed by atoms with Crippen molar-refractivity contribution in [2.75, 3.05) is 52.4 Å². The molecule has 0 bridgehead atoms. The van der Waals surface area contributed by atoms with Crippen molar-refractivity contribution < 1.29 is 4.74 Å². The van der Waals surface area contributed by atoms with Crippen molar-refractivity contribution in [3.05, 3.63) is 18.0 Å². The first-order valence-corrected chi connectivity index (χ1v) is 10.9. The first-order valence-electron chi connectivity index (χ1n) is 10.9. The number of halogens is 1. The van der Waals surface area contributed by atoms with Crippen LogP contribution in [0.4, 0.5) is 0 Å². The highest BCUT2D eigenvalue weighted by molar-refractivity contribution is 14.0. The molecule has 3 heterocycles. The van der Waals surface area contributed by atoms with E-state index in [4.69, 9.17) is 9.73 Å². The number of guanidine groups is 1. The number of aromatic nitrogens is 2. The highest BCUT2D eigenvalue weighted by atomic mass is 127. The minimum Gasteiger partial charge on any atom is -0.370 e. The van der Waals surface area contributed by atoms with E-state index >= 15 is 0 Å². The van der Waals surface area contributed by atoms with Crippen LogP contribution in [0, 0.1) is 11.8 Å². The van der Waals surface area contributed by atoms with E-state index in [1.165, 1.54) is 19.5 Å². The smallest absolute Gasteiger partial charge is 0.194 e. The molecule has 1 aromatic heterocycles. The van der Waals surface area contributed by atoms with Gasteiger partial charge in [-0.1, -0.05) is 13.8 Å². The number of hydrogen-bond acceptors (Lipinski definition) is 4. The molecule has 1 aromatic rings. The predicted molar refractivity (Wildman–Crippen MR) is 129 cm³/mol. The largest absolute Gasteiger partial charge is 0.370 e. The van der Waals surface area contributed by atoms with E-state index in [1.54, 1.807) is 0 Å². The lowest BCUT2D eigenvalue weighted by Crippen LogP contribution is -2.48. The maximum Gasteiger partial charge on any atom is 0.194 e. The summed E-state index contributed by atoms with van der Waals surface area (Å²) in [7, 11) is 1.94. The third-order valence-corrected chi connectivity index (χ3v) is 5.64. The first kappa shape index (κ1) is 24.4. The number of piperidine rings is 1. The zero-order chi connectivity index (χ0) is 19.9. The minimum absolute atomic E-state index is 0. The Kier molecular flexibility index (Phi) is 10.2. The molecule has 0 saturated carbocycles. The van der Waals surface area contributed by atoms with Crippen LogP contribution in [0.1, 0.15) is 45.3 Å². The van der Waals surface area contributed by atoms with Crippen LogP contribution < -0.4 is 5.32 Å². The molecule has 2 fully saturated rings. The number of nitrogens with one attached hydrogen (secondary N) is 1. The van der Waals surface area contributed by atoms with Crippen molar-refractivity contribution in [2.24, 2.45) is 23.9 Å². The summed E-state index contributed by atoms with van der Waals surface area (Å²) in [5, 5.41) is 7.75. The summed E-state index contributed by atoms with van der Waals surface area (Å²) in [5.74, 6) is 2.66. The number of ether oxygens (including phenoxy) is 1. The Balaban J connectivity index is 0.00000300. The Bertz CT molecular complexity index is 626. The number of aliphatic imine (C=N–C) groups is 1. The van der Waals surface area contributed by atoms with Crippen LogP contribution in [0.2, 0.25) is 0 Å². The van der Waals surface area contributed by atoms with E-state index in [0.29, 0.717) is 6.61 Å². The molecule has 29 heavy (non-hydrogen) atoms. The van der Waals surface area contributed by atoms with Gasteiger partial charge in [-0.3, -0.25) is 9.67 Å². The van der Waals surface area contributed by atoms with Crippen molar-refractivity contribution in [3.63, 3.8) is 0 Å². The number of aryl methyl sites for hydroxylation is 1. The quantitative estimate of drug-likeness (QED) is 0.272. The highest BCUT2D eigenvalue weighted by Gasteiger charge is 2.25. The summed E-state index contributed by atoms with van der Waals surface area (Å²) in [6.45, 7) is 14.7. The molecule has 3 atom stereocenters. The third kappa shape index (κ3) is 7.40. The molecule has 1 N–H and O–H groups in total. The molecule has 3 unspecified atom stereocenters. The van der Waals surface area contributed by atoms with E-state index < -0.39 is 0 Å². The van der Waals surface area contributed by atoms with Gasteiger partial charge in [0.1, 0.15) is 6.10 Å². The van der Waals surface area contributed by atoms with Crippen LogP contribution in [-0.4, -0.2) is 78.0 Å². The van der Waals surface area contributed by atoms with Crippen LogP contribution in [0.5, 0.6) is 0 Å². The third-order valence-electron chi connectivity index (χ3n) is 5.64. The molecule has 0 radical (unpaired) electrons. The molecule has 0 spiro atoms. The standard InChI is InChI=1S/C21H38N6O.HI/c1-5-22-21(23-7-6-8-26-13-17(2)11-18(3)14-26)27-9-10-28-20(16-27)19-12-24-25(4)15-19;/h12,15,17-18,20H,5-11,13-14,16H2,1-4H3,(H,22,23);1H. The summed E-state index contributed by atoms with van der Waals surface area (Å²) in [6.07, 6.45) is 6.49. The van der Waals surface area contributed by atoms with Crippen molar-refractivity contribution in [3.8, 4) is 0 Å². The van der Waals surface area contributed by atoms with Gasteiger partial charge in [0.2, 0.25) is 0 Å². The lowest BCUT2D eigenvalue weighted by Gasteiger charge is -2.35. The topological polar surface area (TPSA) is 57.9 Å². The maximum atomic E-state index is 5.98. The molecule has 2 aliphatic rings. The molecule has 2 aliphatic heterocycles. The van der Waals surface area contributed by atoms with Crippen LogP contribution in [-0.2, 0) is 11.8 Å². The Hall–Kier alpha value is -0.870. The molecule has 7 nitrogen and oxygen atoms in total. The fourth-order valence-electron chi connectivity index (χ4n) is 4.53. The van der Waals surface area contributed by atoms with Crippen molar-refractivity contribution in [2.45, 2.75) is 39.7 Å². The van der Waals surface area contributed by atoms with Gasteiger partial charge in [-0.25, -0.2) is 0 Å². The van der Waals surface area contributed by atoms with Gasteiger partial charge in [0, 0.05) is 51.5 Å². The average Bonchev–Trinajstić information content (AvgIpc) is 3.10. The number of nitrogens with zero attached hydrogens (tertiary/aromatic N) is 5. The fourth-order valence-corrected chi connectivity index (χ4v) is 4.53. The number of morpholine rings is 1. The van der Waals surface area contributed by atoms with Crippen molar-refractivity contribution >= 4 is 29.9 Å². The molecular weight excluding hydrogens is 479 g/mol. The summed E-state index contributed by atoms with van der Waals surface area (Å²) < 4.78 is 7.81. The summed E-state index contributed by atoms with van der Waals surface area (Å²) in [6, 6.07) is 0. The Morgan fingerprint density at radius 2 is 2.03 bits per heavy atom. The SMILES string of the molecule is CCNC(=NCCCN1CC(C)CC(C)C1)N1CCOC(c2cnn(C)c2)C1.I. The Labute approximate surface area is 193 Å². The summed E-state index contributed by atoms with van der Waals surface area (Å²) in [4.78, 5) is 9.87. The average molecular weight is 518 g/mol. The van der Waals surface area contributed by atoms with Gasteiger partial charge in [-0.05, 0) is 38.1 Å². The van der Waals surface area contributed by atoms with Gasteiger partial charge in [-0.2, -0.15) is 5.10 Å². The van der Waals surface area contributed by atoms with Crippen LogP contribution >= 0.6 is 24.0 Å². The second-order valence-electron chi connectivity index (χ2n) is 8.55. The van der Waals surface area contributed by atoms with E-state index in [9.17, 15) is 0 Å². The molecule has 3 rings (SSSR count). The molecule has 0 aliphatic carbocycles. The van der Waals surface area contributed by atoms with Crippen molar-refractivity contribution in [1.29, 1.82) is 0 Å². The lowest BCUT2D eigenvalue weighted by atomic mass is 9.92. The van der Waals surface area contributed by atoms with Crippen molar-refractivity contribution in [1.82, 2.24) is 24.9 Å². The molecule has 166 valence electrons. The highest BCUT2D eigenvalue weighted by Crippen LogP contribution is 2.22. The molecule has 8 heteroatoms. The summed E-state index contributed by atoms with van der Waals surface area (Å²) >= 11 is 0. The van der Waals surface area contributed by atoms with E-state index in [-0.39, 0.29) is 30.1 Å². The fraction of sp³-hybridized carbons (Fsp3) is 0.810. The second kappa shape index (κ2) is 12.1. The van der Waals surface area contributed by atoms with Gasteiger partial charge in [-0.15, -0.1) is 24.0 Å². The predicted octanol–water partition coefficient (Wildman–Crippen LogP) is 2.74. The van der Waals surface area contributed by atoms with Gasteiger partial charge in [0.05, 0.1) is 19.3 Å². The second-order valence-corrected chi connectivity index (χ2v) is 8.55. The van der Waals surface area contributed by atoms with Gasteiger partial charge >= 0.3 is 0 Å². The van der Waals surface area contributed by atoms with Crippen LogP contribution in [0.25, 0.3) is 0 Å². The normalized spacial score (nSPS) is 26.3. The lowest BCUT2D eigenvalue weighted by molar-refractivity contribution is -0.00804. The zero-order valence-electron chi connectivity index (χ0n) is 18.5. The van der Waals surface area contributed by atoms with E-state index in [1.807, 2.05) is 24.1 Å². The Morgan fingerprint density at radius 3 is 2.69 bits per heavy atom. The number of likely N-dealkylation sites (tertiary alicyclic amines) is 1. The molecule has 0 amide bonds. The first-order chi connectivity index (χ1) is 13.5. The molecule has 2 saturated heterocycles. The summed E-state index contributed by atoms with van der Waals surface area (Å²) in [5.41, 5.74) is 1.14. The molecule has 0 aromatic carbocycles. The van der Waals surface area contributed by atoms with Gasteiger partial charge in [0.15, 0.2) is 5.96 Å². The monoisotopic (exact) mass is 518 g/mol. The van der Waals surface area contributed by atoms with E-state index in [2.05, 4.69) is 41.0 Å². The maximum absolute atomic E-state index is 5.98. The number of hydrogen-bond donors (Lipinski definition) is 1.